The minimum absolute atomic E-state index is 0.0567. The first kappa shape index (κ1) is 16.3. The molecule has 7 heteroatoms. The van der Waals surface area contributed by atoms with E-state index in [4.69, 9.17) is 9.72 Å². The second-order valence-electron chi connectivity index (χ2n) is 7.08. The van der Waals surface area contributed by atoms with Gasteiger partial charge in [-0.1, -0.05) is 18.2 Å². The van der Waals surface area contributed by atoms with Gasteiger partial charge in [-0.15, -0.1) is 0 Å². The van der Waals surface area contributed by atoms with E-state index < -0.39 is 0 Å². The zero-order valence-electron chi connectivity index (χ0n) is 14.9. The Bertz CT molecular complexity index is 960. The van der Waals surface area contributed by atoms with Crippen molar-refractivity contribution in [2.24, 2.45) is 0 Å². The van der Waals surface area contributed by atoms with E-state index in [9.17, 15) is 5.11 Å². The molecule has 2 saturated heterocycles. The van der Waals surface area contributed by atoms with Crippen LogP contribution in [0.2, 0.25) is 0 Å². The summed E-state index contributed by atoms with van der Waals surface area (Å²) in [4.78, 5) is 17.8. The number of benzene rings is 1. The van der Waals surface area contributed by atoms with E-state index in [0.717, 1.165) is 48.6 Å². The lowest BCUT2D eigenvalue weighted by Gasteiger charge is -2.39. The highest BCUT2D eigenvalue weighted by Crippen LogP contribution is 2.30. The first-order valence-electron chi connectivity index (χ1n) is 9.28. The number of ether oxygens (including phenoxy) is 1. The maximum Gasteiger partial charge on any atom is 0.258 e. The van der Waals surface area contributed by atoms with E-state index in [-0.39, 0.29) is 12.2 Å². The molecule has 2 aliphatic heterocycles. The Hall–Kier alpha value is -2.93. The number of aromatic nitrogens is 3. The van der Waals surface area contributed by atoms with Crippen LogP contribution in [0.4, 0.5) is 11.6 Å². The number of hydrogen-bond donors (Lipinski definition) is 1. The molecule has 0 saturated carbocycles. The quantitative estimate of drug-likeness (QED) is 0.758. The molecule has 0 aliphatic carbocycles. The molecular formula is C20H21N5O2. The summed E-state index contributed by atoms with van der Waals surface area (Å²) in [6.07, 6.45) is 3.81. The van der Waals surface area contributed by atoms with Gasteiger partial charge in [0, 0.05) is 30.9 Å². The van der Waals surface area contributed by atoms with Gasteiger partial charge in [0.2, 0.25) is 0 Å². The predicted octanol–water partition coefficient (Wildman–Crippen LogP) is 1.86. The zero-order valence-corrected chi connectivity index (χ0v) is 14.9. The number of β-amino-alcohol motifs (C(OH)–C–C–N with tert-alkyl or cyclic N) is 1. The Kier molecular flexibility index (Phi) is 4.01. The lowest BCUT2D eigenvalue weighted by atomic mass is 10.1. The topological polar surface area (TPSA) is 74.6 Å². The monoisotopic (exact) mass is 363 g/mol. The first-order valence-corrected chi connectivity index (χ1v) is 9.28. The molecule has 4 heterocycles. The van der Waals surface area contributed by atoms with E-state index in [1.165, 1.54) is 0 Å². The van der Waals surface area contributed by atoms with Crippen LogP contribution in [-0.4, -0.2) is 58.4 Å². The summed E-state index contributed by atoms with van der Waals surface area (Å²) in [5.74, 6) is 2.23. The third-order valence-electron chi connectivity index (χ3n) is 5.14. The van der Waals surface area contributed by atoms with Gasteiger partial charge < -0.3 is 19.6 Å². The van der Waals surface area contributed by atoms with Crippen LogP contribution in [-0.2, 0) is 0 Å². The Morgan fingerprint density at radius 1 is 0.963 bits per heavy atom. The third kappa shape index (κ3) is 3.14. The molecule has 0 unspecified atom stereocenters. The van der Waals surface area contributed by atoms with Crippen LogP contribution >= 0.6 is 0 Å². The molecule has 1 N–H and O–H groups in total. The Morgan fingerprint density at radius 3 is 2.67 bits per heavy atom. The molecule has 5 rings (SSSR count). The van der Waals surface area contributed by atoms with Gasteiger partial charge in [0.1, 0.15) is 11.9 Å². The standard InChI is InChI=1S/C20H21N5O2/c26-15-7-10-24(11-15)19-20(22-9-8-21-19)27-16-12-25(13-16)18-6-5-14-3-1-2-4-17(14)23-18/h1-6,8-9,15-16,26H,7,10-13H2/t15-/m0/s1. The van der Waals surface area contributed by atoms with Gasteiger partial charge in [-0.2, -0.15) is 0 Å². The maximum absolute atomic E-state index is 9.78. The number of aliphatic hydroxyl groups excluding tert-OH is 1. The zero-order chi connectivity index (χ0) is 18.2. The maximum atomic E-state index is 9.78. The highest BCUT2D eigenvalue weighted by atomic mass is 16.5. The number of para-hydroxylation sites is 1. The molecule has 0 spiro atoms. The summed E-state index contributed by atoms with van der Waals surface area (Å²) in [7, 11) is 0. The Labute approximate surface area is 157 Å². The van der Waals surface area contributed by atoms with Crippen LogP contribution in [0.3, 0.4) is 0 Å². The van der Waals surface area contributed by atoms with Gasteiger partial charge in [0.25, 0.3) is 5.88 Å². The molecule has 2 aliphatic rings. The highest BCUT2D eigenvalue weighted by molar-refractivity contribution is 5.80. The summed E-state index contributed by atoms with van der Waals surface area (Å²) in [5.41, 5.74) is 1.00. The lowest BCUT2D eigenvalue weighted by molar-refractivity contribution is 0.160. The SMILES string of the molecule is O[C@H]1CCN(c2nccnc2OC2CN(c3ccc4ccccc4n3)C2)C1. The second-order valence-corrected chi connectivity index (χ2v) is 7.08. The van der Waals surface area contributed by atoms with Crippen LogP contribution in [0.15, 0.2) is 48.8 Å². The Morgan fingerprint density at radius 2 is 1.81 bits per heavy atom. The van der Waals surface area contributed by atoms with Crippen LogP contribution in [0.5, 0.6) is 5.88 Å². The van der Waals surface area contributed by atoms with E-state index in [0.29, 0.717) is 12.4 Å². The Balaban J connectivity index is 1.26. The number of rotatable bonds is 4. The van der Waals surface area contributed by atoms with Crippen molar-refractivity contribution in [3.8, 4) is 5.88 Å². The van der Waals surface area contributed by atoms with Gasteiger partial charge in [-0.25, -0.2) is 15.0 Å². The fraction of sp³-hybridized carbons (Fsp3) is 0.350. The fourth-order valence-corrected chi connectivity index (χ4v) is 3.64. The number of fused-ring (bicyclic) bond motifs is 1. The molecule has 0 bridgehead atoms. The third-order valence-corrected chi connectivity index (χ3v) is 5.14. The predicted molar refractivity (Wildman–Crippen MR) is 103 cm³/mol. The molecule has 138 valence electrons. The van der Waals surface area contributed by atoms with Crippen LogP contribution in [0, 0.1) is 0 Å². The van der Waals surface area contributed by atoms with Gasteiger partial charge in [0.05, 0.1) is 24.7 Å². The van der Waals surface area contributed by atoms with Crippen LogP contribution < -0.4 is 14.5 Å². The van der Waals surface area contributed by atoms with Crippen molar-refractivity contribution in [3.63, 3.8) is 0 Å². The van der Waals surface area contributed by atoms with Crippen molar-refractivity contribution in [1.29, 1.82) is 0 Å². The van der Waals surface area contributed by atoms with Crippen molar-refractivity contribution in [2.45, 2.75) is 18.6 Å². The number of nitrogens with zero attached hydrogens (tertiary/aromatic N) is 5. The number of anilines is 2. The largest absolute Gasteiger partial charge is 0.468 e. The summed E-state index contributed by atoms with van der Waals surface area (Å²) in [5, 5.41) is 10.9. The van der Waals surface area contributed by atoms with E-state index in [1.54, 1.807) is 12.4 Å². The van der Waals surface area contributed by atoms with E-state index >= 15 is 0 Å². The van der Waals surface area contributed by atoms with Crippen molar-refractivity contribution in [3.05, 3.63) is 48.8 Å². The smallest absolute Gasteiger partial charge is 0.258 e. The average molecular weight is 363 g/mol. The second kappa shape index (κ2) is 6.66. The van der Waals surface area contributed by atoms with Crippen molar-refractivity contribution in [1.82, 2.24) is 15.0 Å². The molecule has 1 atom stereocenters. The van der Waals surface area contributed by atoms with E-state index in [2.05, 4.69) is 33.1 Å². The molecule has 0 amide bonds. The number of hydrogen-bond acceptors (Lipinski definition) is 7. The van der Waals surface area contributed by atoms with Crippen LogP contribution in [0.1, 0.15) is 6.42 Å². The summed E-state index contributed by atoms with van der Waals surface area (Å²) in [6.45, 7) is 2.88. The van der Waals surface area contributed by atoms with Crippen LogP contribution in [0.25, 0.3) is 10.9 Å². The molecule has 2 aromatic heterocycles. The minimum Gasteiger partial charge on any atom is -0.468 e. The molecule has 3 aromatic rings. The van der Waals surface area contributed by atoms with Gasteiger partial charge in [0.15, 0.2) is 5.82 Å². The minimum atomic E-state index is -0.307. The van der Waals surface area contributed by atoms with Gasteiger partial charge in [-0.05, 0) is 24.6 Å². The molecule has 2 fully saturated rings. The normalized spacial score (nSPS) is 20.1. The van der Waals surface area contributed by atoms with Crippen molar-refractivity contribution >= 4 is 22.5 Å². The van der Waals surface area contributed by atoms with Gasteiger partial charge in [-0.3, -0.25) is 0 Å². The first-order chi connectivity index (χ1) is 13.3. The lowest BCUT2D eigenvalue weighted by Crippen LogP contribution is -2.54. The molecular weight excluding hydrogens is 342 g/mol. The summed E-state index contributed by atoms with van der Waals surface area (Å²) in [6, 6.07) is 12.3. The fourth-order valence-electron chi connectivity index (χ4n) is 3.64. The molecule has 27 heavy (non-hydrogen) atoms. The molecule has 7 nitrogen and oxygen atoms in total. The average Bonchev–Trinajstić information content (AvgIpc) is 3.10. The molecule has 0 radical (unpaired) electrons. The van der Waals surface area contributed by atoms with E-state index in [1.807, 2.05) is 23.1 Å². The summed E-state index contributed by atoms with van der Waals surface area (Å²) < 4.78 is 6.10. The number of pyridine rings is 1. The van der Waals surface area contributed by atoms with Crippen molar-refractivity contribution < 1.29 is 9.84 Å². The molecule has 1 aromatic carbocycles. The summed E-state index contributed by atoms with van der Waals surface area (Å²) >= 11 is 0. The highest BCUT2D eigenvalue weighted by Gasteiger charge is 2.32. The van der Waals surface area contributed by atoms with Gasteiger partial charge >= 0.3 is 0 Å². The number of aliphatic hydroxyl groups is 1. The van der Waals surface area contributed by atoms with Crippen molar-refractivity contribution in [2.75, 3.05) is 36.0 Å².